The molecule has 0 aliphatic carbocycles. The maximum absolute atomic E-state index is 12.8. The van der Waals surface area contributed by atoms with E-state index in [-0.39, 0.29) is 23.1 Å². The van der Waals surface area contributed by atoms with Crippen molar-refractivity contribution >= 4 is 5.82 Å². The fourth-order valence-corrected chi connectivity index (χ4v) is 1.40. The van der Waals surface area contributed by atoms with Crippen molar-refractivity contribution in [1.29, 1.82) is 0 Å². The quantitative estimate of drug-likeness (QED) is 0.480. The van der Waals surface area contributed by atoms with Gasteiger partial charge in [-0.1, -0.05) is 6.92 Å². The van der Waals surface area contributed by atoms with Crippen LogP contribution in [0.1, 0.15) is 24.7 Å². The Hall–Kier alpha value is -1.71. The first-order valence-electron chi connectivity index (χ1n) is 6.04. The predicted molar refractivity (Wildman–Crippen MR) is 65.1 cm³/mol. The van der Waals surface area contributed by atoms with Gasteiger partial charge in [0.1, 0.15) is 11.6 Å². The molecule has 1 rings (SSSR count). The van der Waals surface area contributed by atoms with Gasteiger partial charge in [-0.3, -0.25) is 0 Å². The Bertz CT molecular complexity index is 492. The summed E-state index contributed by atoms with van der Waals surface area (Å²) in [4.78, 5) is 7.82. The number of nitrogens with zero attached hydrogens (tertiary/aromatic N) is 2. The number of ether oxygens (including phenoxy) is 1. The first kappa shape index (κ1) is 17.3. The number of rotatable bonds is 6. The van der Waals surface area contributed by atoms with Crippen molar-refractivity contribution in [3.63, 3.8) is 0 Å². The van der Waals surface area contributed by atoms with Gasteiger partial charge in [-0.15, -0.1) is 0 Å². The summed E-state index contributed by atoms with van der Waals surface area (Å²) in [5, 5.41) is 0. The Morgan fingerprint density at radius 3 is 2.29 bits per heavy atom. The molecule has 3 N–H and O–H groups in total. The van der Waals surface area contributed by atoms with Crippen molar-refractivity contribution in [2.24, 2.45) is 5.84 Å². The Morgan fingerprint density at radius 1 is 1.19 bits per heavy atom. The largest absolute Gasteiger partial charge is 0.471 e. The second-order valence-corrected chi connectivity index (χ2v) is 4.30. The van der Waals surface area contributed by atoms with Crippen LogP contribution in [0.25, 0.3) is 0 Å². The number of hydrazine groups is 1. The van der Waals surface area contributed by atoms with Gasteiger partial charge in [0.2, 0.25) is 5.88 Å². The molecule has 5 nitrogen and oxygen atoms in total. The minimum atomic E-state index is -5.69. The molecule has 1 aromatic heterocycles. The van der Waals surface area contributed by atoms with Gasteiger partial charge in [0.25, 0.3) is 0 Å². The van der Waals surface area contributed by atoms with Gasteiger partial charge in [0.15, 0.2) is 6.61 Å². The predicted octanol–water partition coefficient (Wildman–Crippen LogP) is 2.60. The molecule has 0 saturated carbocycles. The summed E-state index contributed by atoms with van der Waals surface area (Å²) in [6.07, 6.45) is -4.62. The molecule has 0 radical (unpaired) electrons. The summed E-state index contributed by atoms with van der Waals surface area (Å²) in [5.74, 6) is 0.236. The van der Waals surface area contributed by atoms with E-state index in [0.717, 1.165) is 0 Å². The first-order valence-corrected chi connectivity index (χ1v) is 6.04. The third kappa shape index (κ3) is 4.13. The summed E-state index contributed by atoms with van der Waals surface area (Å²) in [5.41, 5.74) is 2.37. The smallest absolute Gasteiger partial charge is 0.456 e. The molecule has 0 aliphatic heterocycles. The van der Waals surface area contributed by atoms with Crippen LogP contribution in [0.5, 0.6) is 5.88 Å². The number of nitrogens with two attached hydrogens (primary N) is 1. The van der Waals surface area contributed by atoms with E-state index >= 15 is 0 Å². The Balaban J connectivity index is 3.00. The monoisotopic (exact) mass is 314 g/mol. The molecular weight excluding hydrogens is 299 g/mol. The first-order chi connectivity index (χ1) is 9.62. The van der Waals surface area contributed by atoms with E-state index in [1.807, 2.05) is 6.92 Å². The van der Waals surface area contributed by atoms with Crippen molar-refractivity contribution in [2.45, 2.75) is 38.8 Å². The lowest BCUT2D eigenvalue weighted by Crippen LogP contribution is -2.42. The molecule has 0 amide bonds. The fourth-order valence-electron chi connectivity index (χ4n) is 1.40. The summed E-state index contributed by atoms with van der Waals surface area (Å²) in [6, 6.07) is 0. The number of aryl methyl sites for hydroxylation is 1. The van der Waals surface area contributed by atoms with Crippen molar-refractivity contribution < 1.29 is 26.7 Å². The number of halogens is 5. The van der Waals surface area contributed by atoms with Crippen LogP contribution in [0.15, 0.2) is 0 Å². The molecule has 0 saturated heterocycles. The van der Waals surface area contributed by atoms with Crippen LogP contribution in [-0.2, 0) is 6.42 Å². The molecule has 120 valence electrons. The highest BCUT2D eigenvalue weighted by atomic mass is 19.4. The minimum absolute atomic E-state index is 0.110. The van der Waals surface area contributed by atoms with E-state index in [2.05, 4.69) is 20.1 Å². The summed E-state index contributed by atoms with van der Waals surface area (Å²) in [6.45, 7) is 1.37. The lowest BCUT2D eigenvalue weighted by molar-refractivity contribution is -0.290. The average Bonchev–Trinajstić information content (AvgIpc) is 2.38. The van der Waals surface area contributed by atoms with Crippen LogP contribution in [0, 0.1) is 6.92 Å². The Labute approximate surface area is 117 Å². The van der Waals surface area contributed by atoms with E-state index in [0.29, 0.717) is 12.8 Å². The van der Waals surface area contributed by atoms with E-state index in [4.69, 9.17) is 5.84 Å². The van der Waals surface area contributed by atoms with Gasteiger partial charge in [-0.25, -0.2) is 10.8 Å². The zero-order valence-electron chi connectivity index (χ0n) is 11.4. The molecule has 1 heterocycles. The lowest BCUT2D eigenvalue weighted by Gasteiger charge is -2.20. The molecule has 0 bridgehead atoms. The number of anilines is 1. The number of aromatic nitrogens is 2. The SMILES string of the molecule is CCCc1nc(NN)c(C)c(OCC(F)(F)C(F)(F)F)n1. The van der Waals surface area contributed by atoms with Crippen LogP contribution in [-0.4, -0.2) is 28.7 Å². The van der Waals surface area contributed by atoms with Crippen LogP contribution >= 0.6 is 0 Å². The lowest BCUT2D eigenvalue weighted by atomic mass is 10.3. The van der Waals surface area contributed by atoms with Gasteiger partial charge in [-0.05, 0) is 13.3 Å². The van der Waals surface area contributed by atoms with E-state index in [1.165, 1.54) is 6.92 Å². The molecule has 10 heteroatoms. The van der Waals surface area contributed by atoms with E-state index in [9.17, 15) is 22.0 Å². The number of nitrogens with one attached hydrogen (secondary N) is 1. The topological polar surface area (TPSA) is 73.1 Å². The Morgan fingerprint density at radius 2 is 1.81 bits per heavy atom. The average molecular weight is 314 g/mol. The van der Waals surface area contributed by atoms with Gasteiger partial charge < -0.3 is 10.2 Å². The van der Waals surface area contributed by atoms with Gasteiger partial charge >= 0.3 is 12.1 Å². The Kier molecular flexibility index (Phi) is 5.26. The minimum Gasteiger partial charge on any atom is -0.471 e. The molecule has 0 atom stereocenters. The molecule has 0 spiro atoms. The molecular formula is C11H15F5N4O. The second kappa shape index (κ2) is 6.37. The summed E-state index contributed by atoms with van der Waals surface area (Å²) < 4.78 is 66.5. The fraction of sp³-hybridized carbons (Fsp3) is 0.636. The zero-order chi connectivity index (χ0) is 16.3. The molecule has 1 aromatic rings. The third-order valence-electron chi connectivity index (χ3n) is 2.56. The molecule has 21 heavy (non-hydrogen) atoms. The van der Waals surface area contributed by atoms with Crippen molar-refractivity contribution in [1.82, 2.24) is 9.97 Å². The highest BCUT2D eigenvalue weighted by Crippen LogP contribution is 2.36. The highest BCUT2D eigenvalue weighted by molar-refractivity contribution is 5.47. The molecule has 0 aromatic carbocycles. The molecule has 0 aliphatic rings. The van der Waals surface area contributed by atoms with Crippen LogP contribution in [0.4, 0.5) is 27.8 Å². The molecule has 0 unspecified atom stereocenters. The van der Waals surface area contributed by atoms with E-state index in [1.54, 1.807) is 0 Å². The normalized spacial score (nSPS) is 12.4. The maximum Gasteiger partial charge on any atom is 0.456 e. The van der Waals surface area contributed by atoms with Crippen LogP contribution in [0.3, 0.4) is 0 Å². The number of nitrogen functional groups attached to an aromatic ring is 1. The van der Waals surface area contributed by atoms with Crippen LogP contribution in [0.2, 0.25) is 0 Å². The maximum atomic E-state index is 12.8. The number of hydrogen-bond donors (Lipinski definition) is 2. The van der Waals surface area contributed by atoms with Crippen molar-refractivity contribution in [3.05, 3.63) is 11.4 Å². The number of alkyl halides is 5. The van der Waals surface area contributed by atoms with Crippen molar-refractivity contribution in [2.75, 3.05) is 12.0 Å². The van der Waals surface area contributed by atoms with E-state index < -0.39 is 18.7 Å². The second-order valence-electron chi connectivity index (χ2n) is 4.30. The highest BCUT2D eigenvalue weighted by Gasteiger charge is 2.58. The third-order valence-corrected chi connectivity index (χ3v) is 2.56. The summed E-state index contributed by atoms with van der Waals surface area (Å²) in [7, 11) is 0. The molecule has 0 fully saturated rings. The van der Waals surface area contributed by atoms with Gasteiger partial charge in [0.05, 0.1) is 5.56 Å². The standard InChI is InChI=1S/C11H15F5N4O/c1-3-4-7-18-8(20-17)6(2)9(19-7)21-5-10(12,13)11(14,15)16/h3-5,17H2,1-2H3,(H,18,19,20). The summed E-state index contributed by atoms with van der Waals surface area (Å²) >= 11 is 0. The number of hydrogen-bond acceptors (Lipinski definition) is 5. The zero-order valence-corrected chi connectivity index (χ0v) is 11.4. The van der Waals surface area contributed by atoms with Crippen LogP contribution < -0.4 is 16.0 Å². The van der Waals surface area contributed by atoms with Gasteiger partial charge in [-0.2, -0.15) is 26.9 Å². The van der Waals surface area contributed by atoms with Gasteiger partial charge in [0, 0.05) is 6.42 Å². The van der Waals surface area contributed by atoms with Crippen molar-refractivity contribution in [3.8, 4) is 5.88 Å².